The quantitative estimate of drug-likeness (QED) is 0.903. The van der Waals surface area contributed by atoms with Gasteiger partial charge in [-0.3, -0.25) is 4.90 Å². The molecule has 2 fully saturated rings. The summed E-state index contributed by atoms with van der Waals surface area (Å²) in [4.78, 5) is 15.6. The van der Waals surface area contributed by atoms with Gasteiger partial charge >= 0.3 is 6.09 Å². The average molecular weight is 351 g/mol. The van der Waals surface area contributed by atoms with E-state index in [1.807, 2.05) is 4.90 Å². The normalized spacial score (nSPS) is 21.6. The smallest absolute Gasteiger partial charge is 0.414 e. The van der Waals surface area contributed by atoms with Gasteiger partial charge < -0.3 is 19.7 Å². The number of hydrogen-bond acceptors (Lipinski definition) is 5. The Morgan fingerprint density at radius 2 is 2.00 bits per heavy atom. The Hall–Kier alpha value is -1.86. The lowest BCUT2D eigenvalue weighted by atomic mass is 10.1. The molecule has 3 rings (SSSR count). The third-order valence-corrected chi connectivity index (χ3v) is 4.33. The first-order valence-electron chi connectivity index (χ1n) is 8.69. The van der Waals surface area contributed by atoms with E-state index >= 15 is 0 Å². The SMILES string of the molecule is CC(C)(C)NCC1CN(c2ccc(N3CCOCC3)c(F)c2)C(=O)O1. The van der Waals surface area contributed by atoms with Gasteiger partial charge in [0.05, 0.1) is 31.1 Å². The molecular formula is C18H26FN3O3. The zero-order chi connectivity index (χ0) is 18.0. The number of carbonyl (C=O) groups is 1. The van der Waals surface area contributed by atoms with Gasteiger partial charge in [0.2, 0.25) is 0 Å². The summed E-state index contributed by atoms with van der Waals surface area (Å²) in [6.07, 6.45) is -0.673. The van der Waals surface area contributed by atoms with Gasteiger partial charge in [-0.25, -0.2) is 9.18 Å². The zero-order valence-corrected chi connectivity index (χ0v) is 15.0. The molecule has 1 atom stereocenters. The van der Waals surface area contributed by atoms with E-state index in [0.717, 1.165) is 0 Å². The first kappa shape index (κ1) is 17.9. The molecule has 2 heterocycles. The molecule has 0 bridgehead atoms. The molecule has 1 N–H and O–H groups in total. The van der Waals surface area contributed by atoms with Crippen molar-refractivity contribution in [2.24, 2.45) is 0 Å². The minimum Gasteiger partial charge on any atom is -0.443 e. The van der Waals surface area contributed by atoms with Crippen molar-refractivity contribution in [1.29, 1.82) is 0 Å². The van der Waals surface area contributed by atoms with Crippen LogP contribution in [-0.4, -0.2) is 57.1 Å². The number of amides is 1. The van der Waals surface area contributed by atoms with Crippen molar-refractivity contribution in [2.45, 2.75) is 32.4 Å². The topological polar surface area (TPSA) is 54.0 Å². The highest BCUT2D eigenvalue weighted by molar-refractivity contribution is 5.90. The van der Waals surface area contributed by atoms with Crippen LogP contribution in [-0.2, 0) is 9.47 Å². The van der Waals surface area contributed by atoms with E-state index in [2.05, 4.69) is 26.1 Å². The number of halogens is 1. The summed E-state index contributed by atoms with van der Waals surface area (Å²) < 4.78 is 25.2. The van der Waals surface area contributed by atoms with Crippen molar-refractivity contribution in [3.05, 3.63) is 24.0 Å². The summed E-state index contributed by atoms with van der Waals surface area (Å²) in [7, 11) is 0. The van der Waals surface area contributed by atoms with Gasteiger partial charge in [-0.05, 0) is 39.0 Å². The Kier molecular flexibility index (Phi) is 5.15. The standard InChI is InChI=1S/C18H26FN3O3/c1-18(2,3)20-11-14-12-22(17(23)25-14)13-4-5-16(15(19)10-13)21-6-8-24-9-7-21/h4-5,10,14,20H,6-9,11-12H2,1-3H3. The lowest BCUT2D eigenvalue weighted by molar-refractivity contribution is 0.122. The van der Waals surface area contributed by atoms with E-state index in [-0.39, 0.29) is 17.5 Å². The number of benzene rings is 1. The molecule has 6 nitrogen and oxygen atoms in total. The number of hydrogen-bond donors (Lipinski definition) is 1. The van der Waals surface area contributed by atoms with Gasteiger partial charge in [0, 0.05) is 25.2 Å². The summed E-state index contributed by atoms with van der Waals surface area (Å²) in [5.41, 5.74) is 1.02. The van der Waals surface area contributed by atoms with Gasteiger partial charge in [-0.15, -0.1) is 0 Å². The number of carbonyl (C=O) groups excluding carboxylic acids is 1. The van der Waals surface area contributed by atoms with Crippen LogP contribution in [0.2, 0.25) is 0 Å². The summed E-state index contributed by atoms with van der Waals surface area (Å²) >= 11 is 0. The van der Waals surface area contributed by atoms with E-state index in [0.29, 0.717) is 50.8 Å². The fourth-order valence-corrected chi connectivity index (χ4v) is 2.98. The number of ether oxygens (including phenoxy) is 2. The molecule has 0 spiro atoms. The molecule has 2 aliphatic heterocycles. The third kappa shape index (κ3) is 4.41. The van der Waals surface area contributed by atoms with Crippen LogP contribution in [0.3, 0.4) is 0 Å². The summed E-state index contributed by atoms with van der Waals surface area (Å²) in [5.74, 6) is -0.330. The Balaban J connectivity index is 1.67. The molecule has 0 radical (unpaired) electrons. The maximum Gasteiger partial charge on any atom is 0.414 e. The van der Waals surface area contributed by atoms with Crippen LogP contribution in [0.5, 0.6) is 0 Å². The van der Waals surface area contributed by atoms with E-state index in [4.69, 9.17) is 9.47 Å². The predicted molar refractivity (Wildman–Crippen MR) is 94.8 cm³/mol. The second kappa shape index (κ2) is 7.17. The van der Waals surface area contributed by atoms with Crippen molar-refractivity contribution in [3.63, 3.8) is 0 Å². The lowest BCUT2D eigenvalue weighted by Crippen LogP contribution is -2.42. The highest BCUT2D eigenvalue weighted by Gasteiger charge is 2.33. The zero-order valence-electron chi connectivity index (χ0n) is 15.0. The van der Waals surface area contributed by atoms with Crippen molar-refractivity contribution < 1.29 is 18.7 Å². The maximum atomic E-state index is 14.5. The largest absolute Gasteiger partial charge is 0.443 e. The number of rotatable bonds is 4. The highest BCUT2D eigenvalue weighted by atomic mass is 19.1. The van der Waals surface area contributed by atoms with Gasteiger partial charge in [0.15, 0.2) is 0 Å². The Morgan fingerprint density at radius 1 is 1.28 bits per heavy atom. The molecule has 1 unspecified atom stereocenters. The Labute approximate surface area is 147 Å². The molecular weight excluding hydrogens is 325 g/mol. The number of cyclic esters (lactones) is 1. The predicted octanol–water partition coefficient (Wildman–Crippen LogP) is 2.38. The van der Waals surface area contributed by atoms with Crippen molar-refractivity contribution >= 4 is 17.5 Å². The van der Waals surface area contributed by atoms with E-state index in [1.54, 1.807) is 12.1 Å². The summed E-state index contributed by atoms with van der Waals surface area (Å²) in [6, 6.07) is 4.91. The Bertz CT molecular complexity index is 626. The van der Waals surface area contributed by atoms with Crippen LogP contribution in [0.15, 0.2) is 18.2 Å². The Morgan fingerprint density at radius 3 is 2.64 bits per heavy atom. The van der Waals surface area contributed by atoms with Gasteiger partial charge in [0.25, 0.3) is 0 Å². The second-order valence-electron chi connectivity index (χ2n) is 7.48. The van der Waals surface area contributed by atoms with Gasteiger partial charge in [-0.1, -0.05) is 0 Å². The van der Waals surface area contributed by atoms with E-state index in [9.17, 15) is 9.18 Å². The summed E-state index contributed by atoms with van der Waals surface area (Å²) in [6.45, 7) is 9.69. The van der Waals surface area contributed by atoms with Crippen LogP contribution in [0.1, 0.15) is 20.8 Å². The third-order valence-electron chi connectivity index (χ3n) is 4.33. The fourth-order valence-electron chi connectivity index (χ4n) is 2.98. The molecule has 138 valence electrons. The molecule has 25 heavy (non-hydrogen) atoms. The molecule has 1 amide bonds. The number of nitrogens with zero attached hydrogens (tertiary/aromatic N) is 2. The van der Waals surface area contributed by atoms with Crippen molar-refractivity contribution in [1.82, 2.24) is 5.32 Å². The van der Waals surface area contributed by atoms with E-state index < -0.39 is 6.09 Å². The maximum absolute atomic E-state index is 14.5. The highest BCUT2D eigenvalue weighted by Crippen LogP contribution is 2.28. The van der Waals surface area contributed by atoms with Crippen molar-refractivity contribution in [3.8, 4) is 0 Å². The monoisotopic (exact) mass is 351 g/mol. The molecule has 0 aliphatic carbocycles. The van der Waals surface area contributed by atoms with E-state index in [1.165, 1.54) is 11.0 Å². The van der Waals surface area contributed by atoms with Gasteiger partial charge in [-0.2, -0.15) is 0 Å². The molecule has 2 saturated heterocycles. The number of morpholine rings is 1. The van der Waals surface area contributed by atoms with Crippen LogP contribution in [0.4, 0.5) is 20.6 Å². The van der Waals surface area contributed by atoms with Crippen LogP contribution < -0.4 is 15.1 Å². The number of anilines is 2. The second-order valence-corrected chi connectivity index (χ2v) is 7.48. The van der Waals surface area contributed by atoms with Crippen molar-refractivity contribution in [2.75, 3.05) is 49.2 Å². The molecule has 0 saturated carbocycles. The summed E-state index contributed by atoms with van der Waals surface area (Å²) in [5, 5.41) is 3.32. The van der Waals surface area contributed by atoms with Gasteiger partial charge in [0.1, 0.15) is 11.9 Å². The number of nitrogens with one attached hydrogen (secondary N) is 1. The lowest BCUT2D eigenvalue weighted by Gasteiger charge is -2.29. The molecule has 1 aromatic rings. The first-order chi connectivity index (χ1) is 11.8. The van der Waals surface area contributed by atoms with Crippen LogP contribution in [0.25, 0.3) is 0 Å². The molecule has 2 aliphatic rings. The minimum atomic E-state index is -0.431. The van der Waals surface area contributed by atoms with Crippen LogP contribution >= 0.6 is 0 Å². The average Bonchev–Trinajstić information content (AvgIpc) is 2.94. The molecule has 7 heteroatoms. The molecule has 1 aromatic carbocycles. The molecule has 0 aromatic heterocycles. The fraction of sp³-hybridized carbons (Fsp3) is 0.611. The van der Waals surface area contributed by atoms with Crippen LogP contribution in [0, 0.1) is 5.82 Å². The minimum absolute atomic E-state index is 0.0499. The first-order valence-corrected chi connectivity index (χ1v) is 8.69.